The molecule has 0 aliphatic rings. The lowest BCUT2D eigenvalue weighted by Gasteiger charge is -2.01. The van der Waals surface area contributed by atoms with E-state index in [9.17, 15) is 4.79 Å². The Labute approximate surface area is 112 Å². The zero-order valence-electron chi connectivity index (χ0n) is 9.33. The van der Waals surface area contributed by atoms with Crippen molar-refractivity contribution >= 4 is 33.2 Å². The molecule has 0 aliphatic carbocycles. The normalized spacial score (nSPS) is 10.5. The van der Waals surface area contributed by atoms with Crippen molar-refractivity contribution in [1.29, 1.82) is 0 Å². The fourth-order valence-corrected chi connectivity index (χ4v) is 2.86. The standard InChI is InChI=1S/C12H12BrNO2S/c1-8-7-10(17-11(8)13)12(15)14-5-4-9-3-2-6-16-9/h2-3,6-7H,4-5H2,1H3,(H,14,15). The van der Waals surface area contributed by atoms with E-state index in [0.717, 1.165) is 20.0 Å². The molecule has 5 heteroatoms. The average Bonchev–Trinajstić information content (AvgIpc) is 2.90. The Balaban J connectivity index is 1.85. The van der Waals surface area contributed by atoms with E-state index in [2.05, 4.69) is 21.2 Å². The third-order valence-corrected chi connectivity index (χ3v) is 4.45. The van der Waals surface area contributed by atoms with Gasteiger partial charge < -0.3 is 9.73 Å². The Bertz CT molecular complexity index is 485. The summed E-state index contributed by atoms with van der Waals surface area (Å²) in [6, 6.07) is 5.63. The first-order valence-electron chi connectivity index (χ1n) is 5.23. The maximum Gasteiger partial charge on any atom is 0.261 e. The second-order valence-corrected chi connectivity index (χ2v) is 6.02. The number of rotatable bonds is 4. The predicted octanol–water partition coefficient (Wildman–Crippen LogP) is 3.38. The third-order valence-electron chi connectivity index (χ3n) is 2.32. The van der Waals surface area contributed by atoms with Crippen LogP contribution in [0.15, 0.2) is 32.7 Å². The second-order valence-electron chi connectivity index (χ2n) is 3.65. The fourth-order valence-electron chi connectivity index (χ4n) is 1.41. The van der Waals surface area contributed by atoms with E-state index in [1.165, 1.54) is 11.3 Å². The predicted molar refractivity (Wildman–Crippen MR) is 71.5 cm³/mol. The molecule has 0 spiro atoms. The lowest BCUT2D eigenvalue weighted by molar-refractivity contribution is 0.0957. The van der Waals surface area contributed by atoms with E-state index in [1.54, 1.807) is 6.26 Å². The Morgan fingerprint density at radius 1 is 1.59 bits per heavy atom. The minimum Gasteiger partial charge on any atom is -0.469 e. The Hall–Kier alpha value is -1.07. The molecule has 0 atom stereocenters. The summed E-state index contributed by atoms with van der Waals surface area (Å²) >= 11 is 4.86. The number of carbonyl (C=O) groups is 1. The number of amides is 1. The Kier molecular flexibility index (Phi) is 4.02. The molecular weight excluding hydrogens is 302 g/mol. The number of hydrogen-bond donors (Lipinski definition) is 1. The molecule has 1 N–H and O–H groups in total. The first kappa shape index (κ1) is 12.4. The lowest BCUT2D eigenvalue weighted by Crippen LogP contribution is -2.24. The molecule has 17 heavy (non-hydrogen) atoms. The number of halogens is 1. The molecule has 0 aliphatic heterocycles. The molecule has 2 aromatic rings. The van der Waals surface area contributed by atoms with Crippen LogP contribution in [-0.4, -0.2) is 12.5 Å². The lowest BCUT2D eigenvalue weighted by atomic mass is 10.3. The van der Waals surface area contributed by atoms with Gasteiger partial charge in [-0.1, -0.05) is 0 Å². The van der Waals surface area contributed by atoms with Gasteiger partial charge in [0.25, 0.3) is 5.91 Å². The topological polar surface area (TPSA) is 42.2 Å². The van der Waals surface area contributed by atoms with Crippen LogP contribution >= 0.6 is 27.3 Å². The van der Waals surface area contributed by atoms with Crippen LogP contribution < -0.4 is 5.32 Å². The van der Waals surface area contributed by atoms with Crippen LogP contribution in [0, 0.1) is 6.92 Å². The molecule has 0 unspecified atom stereocenters. The summed E-state index contributed by atoms with van der Waals surface area (Å²) < 4.78 is 6.20. The van der Waals surface area contributed by atoms with Gasteiger partial charge in [-0.25, -0.2) is 0 Å². The van der Waals surface area contributed by atoms with Crippen molar-refractivity contribution in [3.8, 4) is 0 Å². The number of aryl methyl sites for hydroxylation is 1. The van der Waals surface area contributed by atoms with Gasteiger partial charge in [-0.3, -0.25) is 4.79 Å². The molecule has 2 aromatic heterocycles. The summed E-state index contributed by atoms with van der Waals surface area (Å²) in [6.07, 6.45) is 2.35. The highest BCUT2D eigenvalue weighted by atomic mass is 79.9. The molecule has 3 nitrogen and oxygen atoms in total. The molecule has 2 heterocycles. The van der Waals surface area contributed by atoms with E-state index in [1.807, 2.05) is 25.1 Å². The van der Waals surface area contributed by atoms with Gasteiger partial charge in [0.1, 0.15) is 5.76 Å². The van der Waals surface area contributed by atoms with Crippen LogP contribution in [-0.2, 0) is 6.42 Å². The summed E-state index contributed by atoms with van der Waals surface area (Å²) in [7, 11) is 0. The molecule has 0 saturated heterocycles. The van der Waals surface area contributed by atoms with E-state index >= 15 is 0 Å². The molecular formula is C12H12BrNO2S. The molecule has 0 fully saturated rings. The van der Waals surface area contributed by atoms with Crippen molar-refractivity contribution in [1.82, 2.24) is 5.32 Å². The molecule has 1 amide bonds. The number of furan rings is 1. The molecule has 0 radical (unpaired) electrons. The van der Waals surface area contributed by atoms with Crippen LogP contribution in [0.2, 0.25) is 0 Å². The third kappa shape index (κ3) is 3.20. The number of thiophene rings is 1. The van der Waals surface area contributed by atoms with E-state index in [0.29, 0.717) is 13.0 Å². The van der Waals surface area contributed by atoms with Crippen molar-refractivity contribution in [2.24, 2.45) is 0 Å². The minimum absolute atomic E-state index is 0.0321. The number of hydrogen-bond acceptors (Lipinski definition) is 3. The van der Waals surface area contributed by atoms with Gasteiger partial charge in [-0.15, -0.1) is 11.3 Å². The first-order valence-corrected chi connectivity index (χ1v) is 6.84. The van der Waals surface area contributed by atoms with Gasteiger partial charge in [-0.05, 0) is 46.6 Å². The van der Waals surface area contributed by atoms with Gasteiger partial charge in [0.15, 0.2) is 0 Å². The average molecular weight is 314 g/mol. The summed E-state index contributed by atoms with van der Waals surface area (Å²) in [4.78, 5) is 12.5. The number of carbonyl (C=O) groups excluding carboxylic acids is 1. The second kappa shape index (κ2) is 5.51. The Morgan fingerprint density at radius 2 is 2.41 bits per heavy atom. The largest absolute Gasteiger partial charge is 0.469 e. The summed E-state index contributed by atoms with van der Waals surface area (Å²) in [6.45, 7) is 2.56. The molecule has 0 aromatic carbocycles. The van der Waals surface area contributed by atoms with Crippen LogP contribution in [0.5, 0.6) is 0 Å². The van der Waals surface area contributed by atoms with E-state index in [-0.39, 0.29) is 5.91 Å². The van der Waals surface area contributed by atoms with E-state index in [4.69, 9.17) is 4.42 Å². The molecule has 0 bridgehead atoms. The highest BCUT2D eigenvalue weighted by Gasteiger charge is 2.10. The van der Waals surface area contributed by atoms with Crippen LogP contribution in [0.4, 0.5) is 0 Å². The van der Waals surface area contributed by atoms with Crippen LogP contribution in [0.25, 0.3) is 0 Å². The van der Waals surface area contributed by atoms with Crippen molar-refractivity contribution in [2.75, 3.05) is 6.54 Å². The summed E-state index contributed by atoms with van der Waals surface area (Å²) in [5, 5.41) is 2.87. The maximum absolute atomic E-state index is 11.8. The number of nitrogens with one attached hydrogen (secondary N) is 1. The molecule has 90 valence electrons. The highest BCUT2D eigenvalue weighted by molar-refractivity contribution is 9.11. The van der Waals surface area contributed by atoms with Gasteiger partial charge in [-0.2, -0.15) is 0 Å². The van der Waals surface area contributed by atoms with E-state index < -0.39 is 0 Å². The van der Waals surface area contributed by atoms with Gasteiger partial charge in [0, 0.05) is 13.0 Å². The smallest absolute Gasteiger partial charge is 0.261 e. The SMILES string of the molecule is Cc1cc(C(=O)NCCc2ccco2)sc1Br. The Morgan fingerprint density at radius 3 is 3.00 bits per heavy atom. The maximum atomic E-state index is 11.8. The minimum atomic E-state index is -0.0321. The van der Waals surface area contributed by atoms with Crippen molar-refractivity contribution < 1.29 is 9.21 Å². The zero-order valence-corrected chi connectivity index (χ0v) is 11.7. The fraction of sp³-hybridized carbons (Fsp3) is 0.250. The van der Waals surface area contributed by atoms with Crippen LogP contribution in [0.1, 0.15) is 21.0 Å². The monoisotopic (exact) mass is 313 g/mol. The van der Waals surface area contributed by atoms with Gasteiger partial charge in [0.05, 0.1) is 14.9 Å². The van der Waals surface area contributed by atoms with Crippen molar-refractivity contribution in [3.05, 3.63) is 44.4 Å². The highest BCUT2D eigenvalue weighted by Crippen LogP contribution is 2.27. The van der Waals surface area contributed by atoms with Crippen molar-refractivity contribution in [2.45, 2.75) is 13.3 Å². The zero-order chi connectivity index (χ0) is 12.3. The quantitative estimate of drug-likeness (QED) is 0.940. The van der Waals surface area contributed by atoms with Crippen LogP contribution in [0.3, 0.4) is 0 Å². The molecule has 0 saturated carbocycles. The summed E-state index contributed by atoms with van der Waals surface area (Å²) in [5.74, 6) is 0.851. The van der Waals surface area contributed by atoms with Crippen molar-refractivity contribution in [3.63, 3.8) is 0 Å². The molecule has 2 rings (SSSR count). The van der Waals surface area contributed by atoms with Gasteiger partial charge >= 0.3 is 0 Å². The first-order chi connectivity index (χ1) is 8.16. The van der Waals surface area contributed by atoms with Gasteiger partial charge in [0.2, 0.25) is 0 Å². The summed E-state index contributed by atoms with van der Waals surface area (Å²) in [5.41, 5.74) is 1.09.